The monoisotopic (exact) mass is 589 g/mol. The van der Waals surface area contributed by atoms with E-state index in [4.69, 9.17) is 11.6 Å². The van der Waals surface area contributed by atoms with Gasteiger partial charge in [0.1, 0.15) is 5.69 Å². The lowest BCUT2D eigenvalue weighted by Gasteiger charge is -2.60. The van der Waals surface area contributed by atoms with Crippen molar-refractivity contribution in [3.8, 4) is 11.1 Å². The number of aromatic nitrogens is 1. The number of likely N-dealkylation sites (tertiary alicyclic amines) is 2. The van der Waals surface area contributed by atoms with E-state index >= 15 is 0 Å². The summed E-state index contributed by atoms with van der Waals surface area (Å²) in [5.41, 5.74) is 2.49. The maximum atomic E-state index is 13.0. The highest BCUT2D eigenvalue weighted by Crippen LogP contribution is 2.56. The van der Waals surface area contributed by atoms with Crippen LogP contribution in [0, 0.1) is 5.41 Å². The number of alkyl halides is 3. The van der Waals surface area contributed by atoms with Crippen molar-refractivity contribution in [1.82, 2.24) is 14.8 Å². The number of amides is 2. The Morgan fingerprint density at radius 2 is 1.60 bits per heavy atom. The van der Waals surface area contributed by atoms with Gasteiger partial charge in [0.25, 0.3) is 0 Å². The molecule has 6 rings (SSSR count). The Labute approximate surface area is 235 Å². The predicted octanol–water partition coefficient (Wildman–Crippen LogP) is 6.22. The maximum Gasteiger partial charge on any atom is 0.433 e. The molecule has 2 aliphatic heterocycles. The van der Waals surface area contributed by atoms with Crippen molar-refractivity contribution in [2.45, 2.75) is 35.7 Å². The van der Waals surface area contributed by atoms with Crippen molar-refractivity contribution < 1.29 is 26.4 Å². The summed E-state index contributed by atoms with van der Waals surface area (Å²) < 4.78 is 62.8. The van der Waals surface area contributed by atoms with Gasteiger partial charge in [0.15, 0.2) is 9.84 Å². The third kappa shape index (κ3) is 4.96. The molecule has 1 saturated carbocycles. The summed E-state index contributed by atoms with van der Waals surface area (Å²) in [4.78, 5) is 20.4. The highest BCUT2D eigenvalue weighted by molar-refractivity contribution is 7.90. The third-order valence-electron chi connectivity index (χ3n) is 8.42. The number of benzene rings is 2. The van der Waals surface area contributed by atoms with E-state index in [0.717, 1.165) is 41.9 Å². The second-order valence-electron chi connectivity index (χ2n) is 11.4. The summed E-state index contributed by atoms with van der Waals surface area (Å²) in [6.07, 6.45) is -0.235. The van der Waals surface area contributed by atoms with Crippen LogP contribution in [0.4, 0.5) is 18.0 Å². The zero-order valence-corrected chi connectivity index (χ0v) is 23.2. The third-order valence-corrected chi connectivity index (χ3v) is 9.79. The van der Waals surface area contributed by atoms with Gasteiger partial charge in [0.05, 0.1) is 4.90 Å². The number of carbonyl (C=O) groups excluding carboxylic acids is 1. The van der Waals surface area contributed by atoms with E-state index in [1.165, 1.54) is 18.3 Å². The largest absolute Gasteiger partial charge is 0.433 e. The maximum absolute atomic E-state index is 13.0. The fourth-order valence-electron chi connectivity index (χ4n) is 6.21. The number of nitrogens with zero attached hydrogens (tertiary/aromatic N) is 3. The van der Waals surface area contributed by atoms with E-state index in [9.17, 15) is 26.4 Å². The first-order valence-corrected chi connectivity index (χ1v) is 15.3. The lowest BCUT2D eigenvalue weighted by molar-refractivity contribution is -0.141. The highest BCUT2D eigenvalue weighted by atomic mass is 35.5. The molecular formula is C29H27ClF3N3O3S. The minimum atomic E-state index is -4.44. The first kappa shape index (κ1) is 27.1. The van der Waals surface area contributed by atoms with E-state index in [1.807, 2.05) is 34.1 Å². The molecule has 3 aromatic rings. The molecule has 6 nitrogen and oxygen atoms in total. The second-order valence-corrected chi connectivity index (χ2v) is 13.8. The van der Waals surface area contributed by atoms with Crippen LogP contribution < -0.4 is 0 Å². The first-order valence-electron chi connectivity index (χ1n) is 13.0. The number of pyridine rings is 1. The molecule has 0 unspecified atom stereocenters. The highest BCUT2D eigenvalue weighted by Gasteiger charge is 2.55. The van der Waals surface area contributed by atoms with E-state index in [0.29, 0.717) is 36.8 Å². The fraction of sp³-hybridized carbons (Fsp3) is 0.379. The predicted molar refractivity (Wildman–Crippen MR) is 145 cm³/mol. The van der Waals surface area contributed by atoms with Crippen molar-refractivity contribution >= 4 is 27.5 Å². The van der Waals surface area contributed by atoms with Gasteiger partial charge in [-0.05, 0) is 53.6 Å². The Morgan fingerprint density at radius 1 is 0.950 bits per heavy atom. The van der Waals surface area contributed by atoms with Crippen molar-refractivity contribution in [3.05, 3.63) is 82.6 Å². The van der Waals surface area contributed by atoms with E-state index < -0.39 is 21.7 Å². The topological polar surface area (TPSA) is 70.6 Å². The Balaban J connectivity index is 1.00. The average Bonchev–Trinajstić information content (AvgIpc) is 2.81. The molecule has 0 atom stereocenters. The van der Waals surface area contributed by atoms with Gasteiger partial charge in [0, 0.05) is 60.6 Å². The number of hydrogen-bond acceptors (Lipinski definition) is 4. The fourth-order valence-corrected chi connectivity index (χ4v) is 7.38. The van der Waals surface area contributed by atoms with Crippen LogP contribution in [-0.4, -0.2) is 61.7 Å². The lowest BCUT2D eigenvalue weighted by atomic mass is 9.56. The minimum absolute atomic E-state index is 0.0251. The van der Waals surface area contributed by atoms with Gasteiger partial charge >= 0.3 is 12.2 Å². The molecule has 2 saturated heterocycles. The summed E-state index contributed by atoms with van der Waals surface area (Å²) >= 11 is 6.02. The SMILES string of the molecule is CS(=O)(=O)c1cc(Cl)ccc1-c1ccc(C2CN(C(=O)N3CC4(CC(c5ccc(C(F)(F)F)nc5)C4)C3)C2)cc1. The Morgan fingerprint density at radius 3 is 2.17 bits per heavy atom. The van der Waals surface area contributed by atoms with Gasteiger partial charge in [-0.25, -0.2) is 13.2 Å². The summed E-state index contributed by atoms with van der Waals surface area (Å²) in [7, 11) is -3.45. The summed E-state index contributed by atoms with van der Waals surface area (Å²) in [6, 6.07) is 15.2. The first-order chi connectivity index (χ1) is 18.8. The average molecular weight is 590 g/mol. The Bertz CT molecular complexity index is 1560. The molecule has 2 amide bonds. The van der Waals surface area contributed by atoms with Crippen molar-refractivity contribution in [2.75, 3.05) is 32.4 Å². The van der Waals surface area contributed by atoms with Crippen LogP contribution in [0.15, 0.2) is 65.7 Å². The zero-order valence-electron chi connectivity index (χ0n) is 21.7. The number of halogens is 4. The normalized spacial score (nSPS) is 19.2. The minimum Gasteiger partial charge on any atom is -0.323 e. The summed E-state index contributed by atoms with van der Waals surface area (Å²) in [6.45, 7) is 2.60. The zero-order chi connectivity index (χ0) is 28.4. The molecule has 3 aliphatic rings. The molecule has 3 heterocycles. The van der Waals surface area contributed by atoms with Crippen LogP contribution >= 0.6 is 11.6 Å². The van der Waals surface area contributed by atoms with Gasteiger partial charge < -0.3 is 9.80 Å². The second kappa shape index (κ2) is 9.48. The molecule has 2 aromatic carbocycles. The van der Waals surface area contributed by atoms with E-state index in [-0.39, 0.29) is 28.2 Å². The van der Waals surface area contributed by atoms with Gasteiger partial charge in [-0.3, -0.25) is 4.98 Å². The molecule has 1 aromatic heterocycles. The van der Waals surface area contributed by atoms with Crippen LogP contribution in [0.5, 0.6) is 0 Å². The van der Waals surface area contributed by atoms with Crippen LogP contribution in [0.1, 0.15) is 41.5 Å². The standard InChI is InChI=1S/C29H27ClF3N3O3S/c1-40(38,39)25-10-23(30)7-8-24(25)19-4-2-18(3-5-19)22-14-35(15-22)27(37)36-16-28(17-36)11-21(12-28)20-6-9-26(34-13-20)29(31,32)33/h2-10,13,21-22H,11-12,14-17H2,1H3. The van der Waals surface area contributed by atoms with Crippen LogP contribution in [0.25, 0.3) is 11.1 Å². The molecule has 210 valence electrons. The van der Waals surface area contributed by atoms with Gasteiger partial charge in [-0.15, -0.1) is 0 Å². The molecule has 3 fully saturated rings. The molecular weight excluding hydrogens is 563 g/mol. The van der Waals surface area contributed by atoms with E-state index in [2.05, 4.69) is 4.98 Å². The summed E-state index contributed by atoms with van der Waals surface area (Å²) in [5.74, 6) is 0.401. The van der Waals surface area contributed by atoms with Crippen molar-refractivity contribution in [3.63, 3.8) is 0 Å². The van der Waals surface area contributed by atoms with Gasteiger partial charge in [-0.1, -0.05) is 48.0 Å². The molecule has 40 heavy (non-hydrogen) atoms. The van der Waals surface area contributed by atoms with Crippen LogP contribution in [0.2, 0.25) is 5.02 Å². The van der Waals surface area contributed by atoms with Crippen molar-refractivity contribution in [1.29, 1.82) is 0 Å². The van der Waals surface area contributed by atoms with Gasteiger partial charge in [0.2, 0.25) is 0 Å². The molecule has 1 spiro atoms. The van der Waals surface area contributed by atoms with Crippen LogP contribution in [0.3, 0.4) is 0 Å². The molecule has 0 N–H and O–H groups in total. The molecule has 0 bridgehead atoms. The number of rotatable bonds is 4. The number of sulfone groups is 1. The lowest BCUT2D eigenvalue weighted by Crippen LogP contribution is -2.67. The molecule has 11 heteroatoms. The smallest absolute Gasteiger partial charge is 0.323 e. The Hall–Kier alpha value is -3.11. The molecule has 0 radical (unpaired) electrons. The Kier molecular flexibility index (Phi) is 6.42. The number of urea groups is 1. The van der Waals surface area contributed by atoms with Crippen molar-refractivity contribution in [2.24, 2.45) is 5.41 Å². The van der Waals surface area contributed by atoms with E-state index in [1.54, 1.807) is 12.1 Å². The quantitative estimate of drug-likeness (QED) is 0.362. The van der Waals surface area contributed by atoms with Gasteiger partial charge in [-0.2, -0.15) is 13.2 Å². The number of hydrogen-bond donors (Lipinski definition) is 0. The summed E-state index contributed by atoms with van der Waals surface area (Å²) in [5, 5.41) is 0.363. The number of carbonyl (C=O) groups is 1. The van der Waals surface area contributed by atoms with Crippen LogP contribution in [-0.2, 0) is 16.0 Å². The molecule has 1 aliphatic carbocycles.